The Morgan fingerprint density at radius 2 is 2.15 bits per heavy atom. The zero-order valence-electron chi connectivity index (χ0n) is 12.0. The number of hydrogen-bond acceptors (Lipinski definition) is 2. The number of hydrogen-bond donors (Lipinski definition) is 1. The molecule has 1 aliphatic heterocycles. The van der Waals surface area contributed by atoms with Crippen LogP contribution in [-0.2, 0) is 17.6 Å². The summed E-state index contributed by atoms with van der Waals surface area (Å²) in [7, 11) is 0. The summed E-state index contributed by atoms with van der Waals surface area (Å²) in [6, 6.07) is 7.36. The first kappa shape index (κ1) is 14.6. The number of benzene rings is 1. The molecule has 2 atom stereocenters. The van der Waals surface area contributed by atoms with Gasteiger partial charge in [0.05, 0.1) is 6.10 Å². The van der Waals surface area contributed by atoms with E-state index in [9.17, 15) is 0 Å². The summed E-state index contributed by atoms with van der Waals surface area (Å²) in [4.78, 5) is 0. The third-order valence-electron chi connectivity index (χ3n) is 4.57. The quantitative estimate of drug-likeness (QED) is 0.900. The molecule has 110 valence electrons. The molecule has 0 radical (unpaired) electrons. The van der Waals surface area contributed by atoms with Crippen LogP contribution in [0.15, 0.2) is 22.7 Å². The summed E-state index contributed by atoms with van der Waals surface area (Å²) < 4.78 is 7.00. The second kappa shape index (κ2) is 7.06. The van der Waals surface area contributed by atoms with Crippen LogP contribution in [0, 0.1) is 0 Å². The van der Waals surface area contributed by atoms with Gasteiger partial charge in [0.2, 0.25) is 0 Å². The molecule has 2 aliphatic rings. The average Bonchev–Trinajstić information content (AvgIpc) is 2.48. The van der Waals surface area contributed by atoms with Gasteiger partial charge in [0.25, 0.3) is 0 Å². The molecule has 3 rings (SSSR count). The Kier molecular flexibility index (Phi) is 5.14. The summed E-state index contributed by atoms with van der Waals surface area (Å²) in [5.41, 5.74) is 3.04. The lowest BCUT2D eigenvalue weighted by molar-refractivity contribution is 0.0111. The molecular formula is C17H24BrNO. The summed E-state index contributed by atoms with van der Waals surface area (Å²) in [5, 5.41) is 3.73. The molecule has 0 amide bonds. The Morgan fingerprint density at radius 1 is 1.20 bits per heavy atom. The zero-order valence-corrected chi connectivity index (χ0v) is 13.6. The minimum absolute atomic E-state index is 0.503. The zero-order chi connectivity index (χ0) is 13.8. The van der Waals surface area contributed by atoms with Crippen LogP contribution in [0.3, 0.4) is 0 Å². The van der Waals surface area contributed by atoms with Crippen LogP contribution >= 0.6 is 15.9 Å². The van der Waals surface area contributed by atoms with Crippen molar-refractivity contribution in [1.82, 2.24) is 5.32 Å². The van der Waals surface area contributed by atoms with Crippen LogP contribution in [0.1, 0.15) is 43.2 Å². The van der Waals surface area contributed by atoms with Gasteiger partial charge in [-0.05, 0) is 74.8 Å². The highest BCUT2D eigenvalue weighted by atomic mass is 79.9. The Morgan fingerprint density at radius 3 is 3.00 bits per heavy atom. The first-order valence-corrected chi connectivity index (χ1v) is 8.73. The topological polar surface area (TPSA) is 21.3 Å². The summed E-state index contributed by atoms with van der Waals surface area (Å²) in [5.74, 6) is 0. The van der Waals surface area contributed by atoms with Crippen molar-refractivity contribution in [1.29, 1.82) is 0 Å². The molecule has 1 aromatic rings. The van der Waals surface area contributed by atoms with Gasteiger partial charge in [-0.2, -0.15) is 0 Å². The Hall–Kier alpha value is -0.380. The van der Waals surface area contributed by atoms with E-state index in [0.717, 1.165) is 13.2 Å². The van der Waals surface area contributed by atoms with Crippen LogP contribution in [-0.4, -0.2) is 25.3 Å². The summed E-state index contributed by atoms with van der Waals surface area (Å²) in [6.07, 6.45) is 9.15. The molecule has 1 N–H and O–H groups in total. The van der Waals surface area contributed by atoms with Gasteiger partial charge < -0.3 is 10.1 Å². The molecule has 0 aromatic heterocycles. The fourth-order valence-electron chi connectivity index (χ4n) is 3.38. The number of nitrogens with one attached hydrogen (secondary N) is 1. The van der Waals surface area contributed by atoms with E-state index in [4.69, 9.17) is 4.74 Å². The normalized spacial score (nSPS) is 26.2. The minimum atomic E-state index is 0.503. The molecule has 1 heterocycles. The van der Waals surface area contributed by atoms with E-state index in [1.54, 1.807) is 0 Å². The lowest BCUT2D eigenvalue weighted by atomic mass is 9.88. The lowest BCUT2D eigenvalue weighted by Gasteiger charge is -2.27. The number of halogens is 1. The largest absolute Gasteiger partial charge is 0.378 e. The van der Waals surface area contributed by atoms with Crippen molar-refractivity contribution in [2.24, 2.45) is 0 Å². The van der Waals surface area contributed by atoms with Crippen LogP contribution in [0.4, 0.5) is 0 Å². The molecule has 2 unspecified atom stereocenters. The van der Waals surface area contributed by atoms with Crippen LogP contribution < -0.4 is 5.32 Å². The molecular weight excluding hydrogens is 314 g/mol. The third-order valence-corrected chi connectivity index (χ3v) is 5.06. The fraction of sp³-hybridized carbons (Fsp3) is 0.647. The molecule has 1 fully saturated rings. The van der Waals surface area contributed by atoms with Crippen molar-refractivity contribution in [2.45, 2.75) is 57.1 Å². The lowest BCUT2D eigenvalue weighted by Crippen LogP contribution is -2.36. The molecule has 1 saturated heterocycles. The van der Waals surface area contributed by atoms with Gasteiger partial charge in [-0.15, -0.1) is 0 Å². The predicted molar refractivity (Wildman–Crippen MR) is 86.2 cm³/mol. The second-order valence-corrected chi connectivity index (χ2v) is 7.00. The first-order valence-electron chi connectivity index (χ1n) is 7.93. The first-order chi connectivity index (χ1) is 9.81. The highest BCUT2D eigenvalue weighted by Crippen LogP contribution is 2.25. The molecule has 0 saturated carbocycles. The average molecular weight is 338 g/mol. The van der Waals surface area contributed by atoms with Crippen molar-refractivity contribution in [3.63, 3.8) is 0 Å². The van der Waals surface area contributed by atoms with E-state index in [-0.39, 0.29) is 0 Å². The van der Waals surface area contributed by atoms with E-state index < -0.39 is 0 Å². The molecule has 3 heteroatoms. The monoisotopic (exact) mass is 337 g/mol. The SMILES string of the molecule is Brc1ccc2c(c1)CCC(NCCC1CCCCO1)C2. The Balaban J connectivity index is 1.44. The van der Waals surface area contributed by atoms with Gasteiger partial charge in [-0.1, -0.05) is 22.0 Å². The van der Waals surface area contributed by atoms with Gasteiger partial charge in [0.1, 0.15) is 0 Å². The van der Waals surface area contributed by atoms with E-state index in [1.165, 1.54) is 60.5 Å². The van der Waals surface area contributed by atoms with E-state index in [2.05, 4.69) is 39.4 Å². The van der Waals surface area contributed by atoms with Crippen molar-refractivity contribution >= 4 is 15.9 Å². The van der Waals surface area contributed by atoms with Crippen LogP contribution in [0.25, 0.3) is 0 Å². The molecule has 1 aliphatic carbocycles. The number of aryl methyl sites for hydroxylation is 1. The van der Waals surface area contributed by atoms with E-state index in [0.29, 0.717) is 12.1 Å². The maximum absolute atomic E-state index is 5.79. The maximum Gasteiger partial charge on any atom is 0.0587 e. The highest BCUT2D eigenvalue weighted by molar-refractivity contribution is 9.10. The minimum Gasteiger partial charge on any atom is -0.378 e. The smallest absolute Gasteiger partial charge is 0.0587 e. The number of fused-ring (bicyclic) bond motifs is 1. The molecule has 2 nitrogen and oxygen atoms in total. The number of rotatable bonds is 4. The van der Waals surface area contributed by atoms with Crippen molar-refractivity contribution in [3.8, 4) is 0 Å². The highest BCUT2D eigenvalue weighted by Gasteiger charge is 2.19. The van der Waals surface area contributed by atoms with Gasteiger partial charge >= 0.3 is 0 Å². The van der Waals surface area contributed by atoms with Crippen LogP contribution in [0.5, 0.6) is 0 Å². The van der Waals surface area contributed by atoms with Gasteiger partial charge in [0.15, 0.2) is 0 Å². The predicted octanol–water partition coefficient (Wildman–Crippen LogP) is 3.86. The fourth-order valence-corrected chi connectivity index (χ4v) is 3.79. The Bertz CT molecular complexity index is 443. The van der Waals surface area contributed by atoms with Crippen molar-refractivity contribution in [3.05, 3.63) is 33.8 Å². The standard InChI is InChI=1S/C17H24BrNO/c18-15-6-4-14-12-16(7-5-13(14)11-15)19-9-8-17-3-1-2-10-20-17/h4,6,11,16-17,19H,1-3,5,7-10,12H2. The molecule has 1 aromatic carbocycles. The summed E-state index contributed by atoms with van der Waals surface area (Å²) in [6.45, 7) is 2.07. The number of ether oxygens (including phenoxy) is 1. The molecule has 0 spiro atoms. The van der Waals surface area contributed by atoms with Gasteiger partial charge in [-0.3, -0.25) is 0 Å². The summed E-state index contributed by atoms with van der Waals surface area (Å²) >= 11 is 3.56. The Labute approximate surface area is 130 Å². The second-order valence-electron chi connectivity index (χ2n) is 6.08. The van der Waals surface area contributed by atoms with Crippen molar-refractivity contribution in [2.75, 3.05) is 13.2 Å². The van der Waals surface area contributed by atoms with Gasteiger partial charge in [0, 0.05) is 17.1 Å². The van der Waals surface area contributed by atoms with Gasteiger partial charge in [-0.25, -0.2) is 0 Å². The van der Waals surface area contributed by atoms with E-state index in [1.807, 2.05) is 0 Å². The van der Waals surface area contributed by atoms with Crippen molar-refractivity contribution < 1.29 is 4.74 Å². The molecule has 0 bridgehead atoms. The molecule has 20 heavy (non-hydrogen) atoms. The maximum atomic E-state index is 5.79. The van der Waals surface area contributed by atoms with E-state index >= 15 is 0 Å². The van der Waals surface area contributed by atoms with Crippen LogP contribution in [0.2, 0.25) is 0 Å². The third kappa shape index (κ3) is 3.84.